The summed E-state index contributed by atoms with van der Waals surface area (Å²) < 4.78 is 94.5. The molecule has 1 heterocycles. The van der Waals surface area contributed by atoms with Crippen molar-refractivity contribution in [3.8, 4) is 0 Å². The molecule has 4 rings (SSSR count). The molecule has 0 unspecified atom stereocenters. The van der Waals surface area contributed by atoms with Gasteiger partial charge in [0.25, 0.3) is 0 Å². The Morgan fingerprint density at radius 3 is 1.45 bits per heavy atom. The summed E-state index contributed by atoms with van der Waals surface area (Å²) in [6.45, 7) is -1.35. The molecule has 15 heteroatoms. The van der Waals surface area contributed by atoms with Crippen LogP contribution in [-0.2, 0) is 38.0 Å². The maximum absolute atomic E-state index is 13.2. The molecule has 44 heavy (non-hydrogen) atoms. The van der Waals surface area contributed by atoms with Crippen LogP contribution in [0.15, 0.2) is 91.0 Å². The number of carbonyl (C=O) groups excluding carboxylic acids is 3. The summed E-state index contributed by atoms with van der Waals surface area (Å²) in [7, 11) is -5.04. The lowest BCUT2D eigenvalue weighted by atomic mass is 9.97. The van der Waals surface area contributed by atoms with E-state index in [9.17, 15) is 36.0 Å². The molecule has 11 nitrogen and oxygen atoms in total. The van der Waals surface area contributed by atoms with Crippen molar-refractivity contribution in [1.29, 1.82) is 0 Å². The zero-order chi connectivity index (χ0) is 31.9. The van der Waals surface area contributed by atoms with Gasteiger partial charge in [0.15, 0.2) is 24.6 Å². The number of rotatable bonds is 10. The quantitative estimate of drug-likeness (QED) is 0.138. The highest BCUT2D eigenvalue weighted by molar-refractivity contribution is 7.87. The summed E-state index contributed by atoms with van der Waals surface area (Å²) in [5.74, 6) is -2.99. The Kier molecular flexibility index (Phi) is 10.4. The molecule has 1 saturated heterocycles. The van der Waals surface area contributed by atoms with Gasteiger partial charge in [-0.25, -0.2) is 14.4 Å². The van der Waals surface area contributed by atoms with E-state index in [1.165, 1.54) is 60.7 Å². The number of alkyl halides is 3. The molecule has 0 saturated carbocycles. The highest BCUT2D eigenvalue weighted by atomic mass is 32.2. The van der Waals surface area contributed by atoms with Crippen LogP contribution in [0, 0.1) is 0 Å². The van der Waals surface area contributed by atoms with Crippen LogP contribution in [0.3, 0.4) is 0 Å². The number of benzene rings is 3. The second-order valence-corrected chi connectivity index (χ2v) is 10.8. The van der Waals surface area contributed by atoms with Gasteiger partial charge < -0.3 is 23.7 Å². The Hall–Kier alpha value is -4.31. The minimum absolute atomic E-state index is 0.0154. The number of halogens is 3. The van der Waals surface area contributed by atoms with Gasteiger partial charge in [-0.3, -0.25) is 4.18 Å². The SMILES string of the molecule is CO[C@H]1O[C@H](COS(=O)(=O)C(F)(F)F)[C@@H](OC(=O)c2ccccc2)[C@H](OC(=O)c2ccccc2)[C@H]1OC(=O)c1ccccc1. The second-order valence-electron chi connectivity index (χ2n) is 9.17. The van der Waals surface area contributed by atoms with Gasteiger partial charge in [0, 0.05) is 7.11 Å². The van der Waals surface area contributed by atoms with Gasteiger partial charge in [-0.05, 0) is 36.4 Å². The lowest BCUT2D eigenvalue weighted by Gasteiger charge is -2.44. The summed E-state index contributed by atoms with van der Waals surface area (Å²) in [6, 6.07) is 22.4. The lowest BCUT2D eigenvalue weighted by molar-refractivity contribution is -0.291. The van der Waals surface area contributed by atoms with Crippen LogP contribution in [0.4, 0.5) is 13.2 Å². The molecule has 1 aliphatic heterocycles. The maximum Gasteiger partial charge on any atom is 0.523 e. The number of esters is 3. The van der Waals surface area contributed by atoms with E-state index in [1.54, 1.807) is 30.3 Å². The minimum atomic E-state index is -6.13. The van der Waals surface area contributed by atoms with E-state index in [4.69, 9.17) is 23.7 Å². The molecule has 1 aliphatic rings. The first-order valence-electron chi connectivity index (χ1n) is 12.8. The Balaban J connectivity index is 1.75. The highest BCUT2D eigenvalue weighted by Crippen LogP contribution is 2.32. The molecule has 0 bridgehead atoms. The van der Waals surface area contributed by atoms with Gasteiger partial charge in [-0.2, -0.15) is 21.6 Å². The van der Waals surface area contributed by atoms with Crippen molar-refractivity contribution in [3.63, 3.8) is 0 Å². The summed E-state index contributed by atoms with van der Waals surface area (Å²) in [5.41, 5.74) is -5.72. The van der Waals surface area contributed by atoms with Gasteiger partial charge in [-0.15, -0.1) is 0 Å². The molecule has 234 valence electrons. The van der Waals surface area contributed by atoms with Gasteiger partial charge in [0.05, 0.1) is 23.3 Å². The first kappa shape index (κ1) is 32.6. The van der Waals surface area contributed by atoms with Crippen molar-refractivity contribution in [2.75, 3.05) is 13.7 Å². The van der Waals surface area contributed by atoms with Crippen molar-refractivity contribution >= 4 is 28.0 Å². The molecule has 0 aromatic heterocycles. The van der Waals surface area contributed by atoms with Crippen LogP contribution in [0.2, 0.25) is 0 Å². The fourth-order valence-corrected chi connectivity index (χ4v) is 4.57. The van der Waals surface area contributed by atoms with Gasteiger partial charge in [0.2, 0.25) is 0 Å². The normalized spacial score (nSPS) is 22.0. The first-order valence-corrected chi connectivity index (χ1v) is 14.2. The third-order valence-electron chi connectivity index (χ3n) is 6.25. The predicted molar refractivity (Wildman–Crippen MR) is 144 cm³/mol. The second kappa shape index (κ2) is 14.0. The van der Waals surface area contributed by atoms with Crippen LogP contribution in [0.5, 0.6) is 0 Å². The fourth-order valence-electron chi connectivity index (χ4n) is 4.13. The molecule has 0 radical (unpaired) electrons. The Morgan fingerprint density at radius 1 is 0.682 bits per heavy atom. The van der Waals surface area contributed by atoms with Crippen molar-refractivity contribution < 1.29 is 63.8 Å². The van der Waals surface area contributed by atoms with E-state index in [0.717, 1.165) is 7.11 Å². The van der Waals surface area contributed by atoms with Crippen LogP contribution < -0.4 is 0 Å². The van der Waals surface area contributed by atoms with Crippen molar-refractivity contribution in [3.05, 3.63) is 108 Å². The van der Waals surface area contributed by atoms with Crippen LogP contribution in [0.1, 0.15) is 31.1 Å². The van der Waals surface area contributed by atoms with Gasteiger partial charge in [0.1, 0.15) is 6.10 Å². The lowest BCUT2D eigenvalue weighted by Crippen LogP contribution is -2.63. The van der Waals surface area contributed by atoms with Gasteiger partial charge >= 0.3 is 33.5 Å². The van der Waals surface area contributed by atoms with E-state index in [1.807, 2.05) is 0 Å². The average molecular weight is 639 g/mol. The van der Waals surface area contributed by atoms with Crippen molar-refractivity contribution in [2.45, 2.75) is 36.2 Å². The summed E-state index contributed by atoms with van der Waals surface area (Å²) >= 11 is 0. The van der Waals surface area contributed by atoms with Gasteiger partial charge in [-0.1, -0.05) is 54.6 Å². The Labute approximate surface area is 249 Å². The Bertz CT molecular complexity index is 1530. The molecular formula is C29H25F3O11S. The van der Waals surface area contributed by atoms with Crippen LogP contribution >= 0.6 is 0 Å². The van der Waals surface area contributed by atoms with E-state index >= 15 is 0 Å². The average Bonchev–Trinajstić information content (AvgIpc) is 3.02. The molecule has 0 amide bonds. The third-order valence-corrected chi connectivity index (χ3v) is 7.27. The molecule has 3 aromatic carbocycles. The van der Waals surface area contributed by atoms with E-state index in [-0.39, 0.29) is 16.7 Å². The smallest absolute Gasteiger partial charge is 0.452 e. The molecule has 3 aromatic rings. The summed E-state index contributed by atoms with van der Waals surface area (Å²) in [4.78, 5) is 39.4. The largest absolute Gasteiger partial charge is 0.523 e. The predicted octanol–water partition coefficient (Wildman–Crippen LogP) is 3.90. The fraction of sp³-hybridized carbons (Fsp3) is 0.276. The van der Waals surface area contributed by atoms with E-state index in [2.05, 4.69) is 4.18 Å². The highest BCUT2D eigenvalue weighted by Gasteiger charge is 2.55. The van der Waals surface area contributed by atoms with Crippen molar-refractivity contribution in [1.82, 2.24) is 0 Å². The molecule has 1 fully saturated rings. The zero-order valence-electron chi connectivity index (χ0n) is 22.8. The maximum atomic E-state index is 13.2. The molecule has 0 N–H and O–H groups in total. The first-order chi connectivity index (χ1) is 20.9. The van der Waals surface area contributed by atoms with E-state index in [0.29, 0.717) is 0 Å². The van der Waals surface area contributed by atoms with E-state index < -0.39 is 70.8 Å². The van der Waals surface area contributed by atoms with Crippen LogP contribution in [0.25, 0.3) is 0 Å². The van der Waals surface area contributed by atoms with Crippen molar-refractivity contribution in [2.24, 2.45) is 0 Å². The number of hydrogen-bond donors (Lipinski definition) is 0. The monoisotopic (exact) mass is 638 g/mol. The zero-order valence-corrected chi connectivity index (χ0v) is 23.6. The molecule has 0 spiro atoms. The molecule has 0 aliphatic carbocycles. The summed E-state index contributed by atoms with van der Waals surface area (Å²) in [6.07, 6.45) is -8.86. The van der Waals surface area contributed by atoms with Crippen LogP contribution in [-0.4, -0.2) is 76.3 Å². The Morgan fingerprint density at radius 2 is 1.07 bits per heavy atom. The number of methoxy groups -OCH3 is 1. The summed E-state index contributed by atoms with van der Waals surface area (Å²) in [5, 5.41) is 0. The minimum Gasteiger partial charge on any atom is -0.452 e. The molecule has 5 atom stereocenters. The number of ether oxygens (including phenoxy) is 5. The topological polar surface area (TPSA) is 141 Å². The number of carbonyl (C=O) groups is 3. The standard InChI is InChI=1S/C29H25F3O11S/c1-38-28-24(43-27(35)20-15-9-4-10-16-20)23(42-26(34)19-13-7-3-8-14-19)22(41-25(33)18-11-5-2-6-12-18)21(40-28)17-39-44(36,37)29(30,31)32/h2-16,21-24,28H,17H2,1H3/t21-,22-,23+,24-,28+/m1/s1. The molecular weight excluding hydrogens is 613 g/mol. The number of hydrogen-bond acceptors (Lipinski definition) is 11. The third kappa shape index (κ3) is 7.79.